The number of ether oxygens (including phenoxy) is 1. The Bertz CT molecular complexity index is 656. The van der Waals surface area contributed by atoms with Crippen LogP contribution in [-0.2, 0) is 11.3 Å². The van der Waals surface area contributed by atoms with Crippen LogP contribution in [0.25, 0.3) is 0 Å². The topological polar surface area (TPSA) is 70.8 Å². The number of anilines is 2. The van der Waals surface area contributed by atoms with Crippen molar-refractivity contribution in [3.63, 3.8) is 0 Å². The third-order valence-corrected chi connectivity index (χ3v) is 2.62. The molecular weight excluding hydrogens is 264 g/mol. The summed E-state index contributed by atoms with van der Waals surface area (Å²) in [4.78, 5) is 8.11. The van der Waals surface area contributed by atoms with Crippen molar-refractivity contribution in [3.05, 3.63) is 47.9 Å². The monoisotopic (exact) mass is 282 g/mol. The zero-order valence-electron chi connectivity index (χ0n) is 12.4. The lowest BCUT2D eigenvalue weighted by Gasteiger charge is -2.19. The van der Waals surface area contributed by atoms with Gasteiger partial charge in [0.15, 0.2) is 5.69 Å². The van der Waals surface area contributed by atoms with Crippen molar-refractivity contribution in [1.82, 2.24) is 9.97 Å². The Morgan fingerprint density at radius 2 is 2.10 bits per heavy atom. The molecule has 108 valence electrons. The van der Waals surface area contributed by atoms with Gasteiger partial charge in [-0.25, -0.2) is 4.98 Å². The number of nitriles is 1. The van der Waals surface area contributed by atoms with Gasteiger partial charge >= 0.3 is 0 Å². The first-order chi connectivity index (χ1) is 9.96. The Morgan fingerprint density at radius 3 is 2.81 bits per heavy atom. The molecule has 1 N–H and O–H groups in total. The molecule has 0 fully saturated rings. The fourth-order valence-electron chi connectivity index (χ4n) is 1.67. The van der Waals surface area contributed by atoms with Gasteiger partial charge in [0.05, 0.1) is 24.6 Å². The van der Waals surface area contributed by atoms with Crippen LogP contribution in [0.1, 0.15) is 32.0 Å². The van der Waals surface area contributed by atoms with Crippen molar-refractivity contribution in [2.45, 2.75) is 33.0 Å². The molecule has 0 saturated heterocycles. The maximum absolute atomic E-state index is 8.82. The normalized spacial score (nSPS) is 11.0. The van der Waals surface area contributed by atoms with Crippen LogP contribution in [0.3, 0.4) is 0 Å². The molecule has 0 aliphatic heterocycles. The average Bonchev–Trinajstić information content (AvgIpc) is 2.45. The Morgan fingerprint density at radius 1 is 1.29 bits per heavy atom. The molecule has 0 aliphatic carbocycles. The number of benzene rings is 1. The second-order valence-corrected chi connectivity index (χ2v) is 5.63. The fourth-order valence-corrected chi connectivity index (χ4v) is 1.67. The Labute approximate surface area is 124 Å². The van der Waals surface area contributed by atoms with E-state index in [9.17, 15) is 0 Å². The van der Waals surface area contributed by atoms with E-state index in [0.29, 0.717) is 12.4 Å². The molecule has 0 spiro atoms. The van der Waals surface area contributed by atoms with Gasteiger partial charge in [0, 0.05) is 5.69 Å². The molecule has 5 nitrogen and oxygen atoms in total. The minimum atomic E-state index is -0.171. The first-order valence-electron chi connectivity index (χ1n) is 6.68. The van der Waals surface area contributed by atoms with Gasteiger partial charge in [-0.3, -0.25) is 4.98 Å². The average molecular weight is 282 g/mol. The predicted octanol–water partition coefficient (Wildman–Crippen LogP) is 3.41. The number of rotatable bonds is 4. The second-order valence-electron chi connectivity index (χ2n) is 5.63. The van der Waals surface area contributed by atoms with Crippen molar-refractivity contribution in [2.24, 2.45) is 0 Å². The van der Waals surface area contributed by atoms with Crippen molar-refractivity contribution in [2.75, 3.05) is 5.32 Å². The summed E-state index contributed by atoms with van der Waals surface area (Å²) < 4.78 is 5.76. The smallest absolute Gasteiger partial charge is 0.161 e. The summed E-state index contributed by atoms with van der Waals surface area (Å²) in [5.41, 5.74) is 2.07. The SMILES string of the molecule is CC(C)(C)OCc1cccc(Nc2cncc(C#N)n2)c1. The lowest BCUT2D eigenvalue weighted by atomic mass is 10.1. The summed E-state index contributed by atoms with van der Waals surface area (Å²) in [6, 6.07) is 9.85. The molecule has 2 rings (SSSR count). The molecule has 0 saturated carbocycles. The van der Waals surface area contributed by atoms with Gasteiger partial charge in [0.2, 0.25) is 0 Å². The quantitative estimate of drug-likeness (QED) is 0.930. The molecule has 1 heterocycles. The first kappa shape index (κ1) is 14.9. The second kappa shape index (κ2) is 6.33. The van der Waals surface area contributed by atoms with Gasteiger partial charge in [0.25, 0.3) is 0 Å². The van der Waals surface area contributed by atoms with Crippen LogP contribution in [-0.4, -0.2) is 15.6 Å². The van der Waals surface area contributed by atoms with Gasteiger partial charge in [-0.15, -0.1) is 0 Å². The van der Waals surface area contributed by atoms with E-state index in [1.54, 1.807) is 6.20 Å². The van der Waals surface area contributed by atoms with Gasteiger partial charge < -0.3 is 10.1 Å². The van der Waals surface area contributed by atoms with E-state index in [0.717, 1.165) is 11.3 Å². The molecule has 0 bridgehead atoms. The third kappa shape index (κ3) is 4.86. The molecular formula is C16H18N4O. The Balaban J connectivity index is 2.09. The van der Waals surface area contributed by atoms with E-state index in [1.807, 2.05) is 51.1 Å². The highest BCUT2D eigenvalue weighted by Gasteiger charge is 2.10. The summed E-state index contributed by atoms with van der Waals surface area (Å²) in [6.45, 7) is 6.62. The van der Waals surface area contributed by atoms with Crippen molar-refractivity contribution in [3.8, 4) is 6.07 Å². The molecule has 1 aromatic heterocycles. The zero-order valence-corrected chi connectivity index (χ0v) is 12.4. The minimum absolute atomic E-state index is 0.171. The highest BCUT2D eigenvalue weighted by molar-refractivity contribution is 5.56. The number of aromatic nitrogens is 2. The lowest BCUT2D eigenvalue weighted by Crippen LogP contribution is -2.18. The predicted molar refractivity (Wildman–Crippen MR) is 81.0 cm³/mol. The van der Waals surface area contributed by atoms with Crippen LogP contribution in [0.4, 0.5) is 11.5 Å². The van der Waals surface area contributed by atoms with Crippen LogP contribution in [0, 0.1) is 11.3 Å². The summed E-state index contributed by atoms with van der Waals surface area (Å²) in [5.74, 6) is 0.544. The van der Waals surface area contributed by atoms with E-state index in [4.69, 9.17) is 10.00 Å². The molecule has 0 atom stereocenters. The number of nitrogens with one attached hydrogen (secondary N) is 1. The van der Waals surface area contributed by atoms with Crippen LogP contribution in [0.2, 0.25) is 0 Å². The van der Waals surface area contributed by atoms with E-state index in [-0.39, 0.29) is 11.3 Å². The van der Waals surface area contributed by atoms with E-state index in [2.05, 4.69) is 15.3 Å². The first-order valence-corrected chi connectivity index (χ1v) is 6.68. The highest BCUT2D eigenvalue weighted by Crippen LogP contribution is 2.18. The minimum Gasteiger partial charge on any atom is -0.371 e. The Hall–Kier alpha value is -2.45. The molecule has 1 aromatic carbocycles. The third-order valence-electron chi connectivity index (χ3n) is 2.62. The molecule has 5 heteroatoms. The van der Waals surface area contributed by atoms with E-state index >= 15 is 0 Å². The molecule has 21 heavy (non-hydrogen) atoms. The lowest BCUT2D eigenvalue weighted by molar-refractivity contribution is -0.0149. The largest absolute Gasteiger partial charge is 0.371 e. The van der Waals surface area contributed by atoms with Gasteiger partial charge in [0.1, 0.15) is 11.9 Å². The standard InChI is InChI=1S/C16H18N4O/c1-16(2,3)21-11-12-5-4-6-13(7-12)19-15-10-18-9-14(8-17)20-15/h4-7,9-10H,11H2,1-3H3,(H,19,20). The number of hydrogen-bond donors (Lipinski definition) is 1. The number of hydrogen-bond acceptors (Lipinski definition) is 5. The zero-order chi connectivity index (χ0) is 15.3. The Kier molecular flexibility index (Phi) is 4.51. The van der Waals surface area contributed by atoms with Crippen LogP contribution in [0.15, 0.2) is 36.7 Å². The van der Waals surface area contributed by atoms with Crippen LogP contribution < -0.4 is 5.32 Å². The summed E-state index contributed by atoms with van der Waals surface area (Å²) in [6.07, 6.45) is 3.01. The molecule has 2 aromatic rings. The van der Waals surface area contributed by atoms with E-state index in [1.165, 1.54) is 6.20 Å². The highest BCUT2D eigenvalue weighted by atomic mass is 16.5. The van der Waals surface area contributed by atoms with E-state index < -0.39 is 0 Å². The number of nitrogens with zero attached hydrogens (tertiary/aromatic N) is 3. The maximum Gasteiger partial charge on any atom is 0.161 e. The molecule has 0 unspecified atom stereocenters. The fraction of sp³-hybridized carbons (Fsp3) is 0.312. The summed E-state index contributed by atoms with van der Waals surface area (Å²) >= 11 is 0. The summed E-state index contributed by atoms with van der Waals surface area (Å²) in [5, 5.41) is 12.0. The molecule has 0 radical (unpaired) electrons. The van der Waals surface area contributed by atoms with Crippen molar-refractivity contribution < 1.29 is 4.74 Å². The van der Waals surface area contributed by atoms with Gasteiger partial charge in [-0.2, -0.15) is 5.26 Å². The maximum atomic E-state index is 8.82. The molecule has 0 amide bonds. The van der Waals surface area contributed by atoms with Gasteiger partial charge in [-0.05, 0) is 38.5 Å². The van der Waals surface area contributed by atoms with Crippen molar-refractivity contribution in [1.29, 1.82) is 5.26 Å². The van der Waals surface area contributed by atoms with Crippen LogP contribution in [0.5, 0.6) is 0 Å². The van der Waals surface area contributed by atoms with Gasteiger partial charge in [-0.1, -0.05) is 12.1 Å². The summed E-state index contributed by atoms with van der Waals surface area (Å²) in [7, 11) is 0. The van der Waals surface area contributed by atoms with Crippen molar-refractivity contribution >= 4 is 11.5 Å². The van der Waals surface area contributed by atoms with Crippen LogP contribution >= 0.6 is 0 Å². The molecule has 0 aliphatic rings.